The average Bonchev–Trinajstić information content (AvgIpc) is 3.69. The highest BCUT2D eigenvalue weighted by molar-refractivity contribution is 5.98. The van der Waals surface area contributed by atoms with Gasteiger partial charge < -0.3 is 79.1 Å². The third-order valence-electron chi connectivity index (χ3n) is 9.84. The van der Waals surface area contributed by atoms with Crippen molar-refractivity contribution in [1.29, 1.82) is 0 Å². The minimum atomic E-state index is -1.89. The number of nitrogens with two attached hydrogens (primary N) is 2. The van der Waals surface area contributed by atoms with Crippen molar-refractivity contribution in [2.24, 2.45) is 17.4 Å². The SMILES string of the molecule is CC(NC(=O)C1CCCN1C(=O)C(C)NC(=O)C(NC(=O)C(CCC(N)=O)NC(=O)C(CO)NC(=O)C(NC(=O)C(CCC(=O)O)NC(=O)C(N)C(C)O)C(C)O)C(C)C)C(=O)O. The first-order valence-corrected chi connectivity index (χ1v) is 20.1. The van der Waals surface area contributed by atoms with E-state index in [1.54, 1.807) is 13.8 Å². The van der Waals surface area contributed by atoms with Crippen LogP contribution < -0.4 is 48.7 Å². The van der Waals surface area contributed by atoms with Gasteiger partial charge in [-0.1, -0.05) is 13.8 Å². The van der Waals surface area contributed by atoms with Crippen LogP contribution in [0.2, 0.25) is 0 Å². The number of aliphatic carboxylic acids is 2. The van der Waals surface area contributed by atoms with Crippen molar-refractivity contribution in [3.8, 4) is 0 Å². The summed E-state index contributed by atoms with van der Waals surface area (Å²) in [6, 6.07) is -13.4. The fourth-order valence-corrected chi connectivity index (χ4v) is 6.04. The van der Waals surface area contributed by atoms with E-state index in [-0.39, 0.29) is 13.0 Å². The highest BCUT2D eigenvalue weighted by atomic mass is 16.4. The van der Waals surface area contributed by atoms with Crippen molar-refractivity contribution < 1.29 is 78.3 Å². The largest absolute Gasteiger partial charge is 0.481 e. The van der Waals surface area contributed by atoms with E-state index in [1.807, 2.05) is 0 Å². The average molecular weight is 903 g/mol. The van der Waals surface area contributed by atoms with Crippen LogP contribution in [0.15, 0.2) is 0 Å². The molecular weight excluding hydrogens is 840 g/mol. The van der Waals surface area contributed by atoms with Crippen LogP contribution in [0.5, 0.6) is 0 Å². The van der Waals surface area contributed by atoms with Gasteiger partial charge in [0.05, 0.1) is 18.8 Å². The van der Waals surface area contributed by atoms with Crippen molar-refractivity contribution in [1.82, 2.24) is 42.1 Å². The summed E-state index contributed by atoms with van der Waals surface area (Å²) in [5, 5.41) is 64.2. The van der Waals surface area contributed by atoms with Gasteiger partial charge in [-0.2, -0.15) is 0 Å². The number of primary amides is 1. The number of nitrogens with zero attached hydrogens (tertiary/aromatic N) is 1. The standard InChI is InChI=1S/C37H62N10O16/c1-15(2)27(34(59)40-16(3)36(61)47-13-7-8-23(47)32(57)41-17(4)37(62)63)45-29(54)20(9-11-24(38)51)42-31(56)22(14-48)44-35(60)28(19(6)50)46-30(55)21(10-12-25(52)53)43-33(58)26(39)18(5)49/h15-23,26-28,48-50H,7-14,39H2,1-6H3,(H2,38,51)(H,40,59)(H,41,57)(H,42,56)(H,43,58)(H,44,60)(H,45,54)(H,46,55)(H,52,53)(H,62,63). The Morgan fingerprint density at radius 2 is 1.11 bits per heavy atom. The number of hydrogen-bond donors (Lipinski definition) is 14. The van der Waals surface area contributed by atoms with Crippen LogP contribution in [0, 0.1) is 5.92 Å². The Labute approximate surface area is 362 Å². The van der Waals surface area contributed by atoms with Gasteiger partial charge in [0, 0.05) is 19.4 Å². The van der Waals surface area contributed by atoms with Crippen LogP contribution >= 0.6 is 0 Å². The van der Waals surface area contributed by atoms with Gasteiger partial charge in [0.2, 0.25) is 53.2 Å². The number of carbonyl (C=O) groups excluding carboxylic acids is 9. The van der Waals surface area contributed by atoms with E-state index in [2.05, 4.69) is 37.2 Å². The zero-order valence-corrected chi connectivity index (χ0v) is 35.9. The van der Waals surface area contributed by atoms with Crippen molar-refractivity contribution >= 4 is 65.1 Å². The molecule has 0 aliphatic carbocycles. The Bertz CT molecular complexity index is 1690. The molecule has 63 heavy (non-hydrogen) atoms. The molecule has 16 N–H and O–H groups in total. The predicted molar refractivity (Wildman–Crippen MR) is 216 cm³/mol. The number of likely N-dealkylation sites (tertiary alicyclic amines) is 1. The van der Waals surface area contributed by atoms with Gasteiger partial charge in [0.15, 0.2) is 0 Å². The smallest absolute Gasteiger partial charge is 0.325 e. The van der Waals surface area contributed by atoms with Gasteiger partial charge in [0.25, 0.3) is 0 Å². The Kier molecular flexibility index (Phi) is 22.6. The number of amides is 9. The molecule has 9 amide bonds. The summed E-state index contributed by atoms with van der Waals surface area (Å²) in [5.74, 6) is -12.2. The molecule has 26 heteroatoms. The van der Waals surface area contributed by atoms with Gasteiger partial charge in [-0.3, -0.25) is 52.7 Å². The van der Waals surface area contributed by atoms with Gasteiger partial charge >= 0.3 is 11.9 Å². The number of hydrogen-bond acceptors (Lipinski definition) is 15. The van der Waals surface area contributed by atoms with Crippen molar-refractivity contribution in [2.45, 2.75) is 147 Å². The van der Waals surface area contributed by atoms with E-state index >= 15 is 0 Å². The summed E-state index contributed by atoms with van der Waals surface area (Å²) >= 11 is 0. The molecule has 26 nitrogen and oxygen atoms in total. The Hall–Kier alpha value is -5.99. The molecule has 0 saturated carbocycles. The molecule has 0 aromatic heterocycles. The van der Waals surface area contributed by atoms with Crippen LogP contribution in [-0.4, -0.2) is 175 Å². The lowest BCUT2D eigenvalue weighted by molar-refractivity contribution is -0.144. The maximum Gasteiger partial charge on any atom is 0.325 e. The first kappa shape index (κ1) is 55.0. The zero-order chi connectivity index (χ0) is 48.5. The molecule has 0 spiro atoms. The lowest BCUT2D eigenvalue weighted by atomic mass is 10.0. The summed E-state index contributed by atoms with van der Waals surface area (Å²) in [6.07, 6.45) is -4.51. The lowest BCUT2D eigenvalue weighted by Crippen LogP contribution is -2.62. The Balaban J connectivity index is 3.18. The minimum Gasteiger partial charge on any atom is -0.481 e. The summed E-state index contributed by atoms with van der Waals surface area (Å²) in [6.45, 7) is 6.94. The maximum absolute atomic E-state index is 13.6. The second-order valence-electron chi connectivity index (χ2n) is 15.5. The third-order valence-corrected chi connectivity index (χ3v) is 9.84. The van der Waals surface area contributed by atoms with Crippen LogP contribution in [0.25, 0.3) is 0 Å². The number of nitrogens with one attached hydrogen (secondary N) is 7. The molecular formula is C37H62N10O16. The van der Waals surface area contributed by atoms with Crippen LogP contribution in [0.4, 0.5) is 0 Å². The molecule has 1 aliphatic rings. The number of aliphatic hydroxyl groups is 3. The topological polar surface area (TPSA) is 428 Å². The highest BCUT2D eigenvalue weighted by Crippen LogP contribution is 2.19. The van der Waals surface area contributed by atoms with E-state index in [1.165, 1.54) is 25.7 Å². The predicted octanol–water partition coefficient (Wildman–Crippen LogP) is -6.64. The fraction of sp³-hybridized carbons (Fsp3) is 0.703. The van der Waals surface area contributed by atoms with Gasteiger partial charge in [0.1, 0.15) is 54.4 Å². The van der Waals surface area contributed by atoms with E-state index < -0.39 is 170 Å². The molecule has 11 unspecified atom stereocenters. The molecule has 1 saturated heterocycles. The summed E-state index contributed by atoms with van der Waals surface area (Å²) in [7, 11) is 0. The number of aliphatic hydroxyl groups excluding tert-OH is 3. The minimum absolute atomic E-state index is 0.142. The molecule has 1 heterocycles. The Morgan fingerprint density at radius 1 is 0.619 bits per heavy atom. The highest BCUT2D eigenvalue weighted by Gasteiger charge is 2.39. The van der Waals surface area contributed by atoms with Crippen LogP contribution in [0.1, 0.15) is 80.1 Å². The van der Waals surface area contributed by atoms with Crippen LogP contribution in [0.3, 0.4) is 0 Å². The lowest BCUT2D eigenvalue weighted by Gasteiger charge is -2.30. The monoisotopic (exact) mass is 902 g/mol. The number of carboxylic acid groups (broad SMARTS) is 2. The third kappa shape index (κ3) is 17.7. The normalized spacial score (nSPS) is 18.3. The number of carboxylic acids is 2. The molecule has 11 atom stereocenters. The van der Waals surface area contributed by atoms with Crippen molar-refractivity contribution in [3.05, 3.63) is 0 Å². The number of rotatable bonds is 26. The Morgan fingerprint density at radius 3 is 1.59 bits per heavy atom. The molecule has 356 valence electrons. The van der Waals surface area contributed by atoms with E-state index in [0.29, 0.717) is 6.42 Å². The first-order chi connectivity index (χ1) is 29.2. The molecule has 1 aliphatic heterocycles. The maximum atomic E-state index is 13.6. The molecule has 1 rings (SSSR count). The molecule has 0 aromatic carbocycles. The molecule has 1 fully saturated rings. The number of carbonyl (C=O) groups is 11. The van der Waals surface area contributed by atoms with Gasteiger partial charge in [-0.25, -0.2) is 0 Å². The molecule has 0 radical (unpaired) electrons. The van der Waals surface area contributed by atoms with E-state index in [9.17, 15) is 68.1 Å². The van der Waals surface area contributed by atoms with Crippen LogP contribution in [-0.2, 0) is 52.7 Å². The first-order valence-electron chi connectivity index (χ1n) is 20.1. The molecule has 0 bridgehead atoms. The second-order valence-corrected chi connectivity index (χ2v) is 15.5. The summed E-state index contributed by atoms with van der Waals surface area (Å²) < 4.78 is 0. The van der Waals surface area contributed by atoms with Gasteiger partial charge in [-0.05, 0) is 59.3 Å². The van der Waals surface area contributed by atoms with Crippen molar-refractivity contribution in [3.63, 3.8) is 0 Å². The van der Waals surface area contributed by atoms with E-state index in [0.717, 1.165) is 6.92 Å². The van der Waals surface area contributed by atoms with Crippen molar-refractivity contribution in [2.75, 3.05) is 13.2 Å². The van der Waals surface area contributed by atoms with Gasteiger partial charge in [-0.15, -0.1) is 0 Å². The second kappa shape index (κ2) is 25.8. The molecule has 0 aromatic rings. The van der Waals surface area contributed by atoms with E-state index in [4.69, 9.17) is 21.7 Å². The summed E-state index contributed by atoms with van der Waals surface area (Å²) in [4.78, 5) is 141. The fourth-order valence-electron chi connectivity index (χ4n) is 6.04. The quantitative estimate of drug-likeness (QED) is 0.0384. The summed E-state index contributed by atoms with van der Waals surface area (Å²) in [5.41, 5.74) is 10.9. The zero-order valence-electron chi connectivity index (χ0n) is 35.9.